The molecule has 0 bridgehead atoms. The quantitative estimate of drug-likeness (QED) is 0.807. The predicted octanol–water partition coefficient (Wildman–Crippen LogP) is 3.38. The van der Waals surface area contributed by atoms with E-state index in [0.717, 1.165) is 25.0 Å². The zero-order valence-corrected chi connectivity index (χ0v) is 14.0. The molecule has 1 aromatic heterocycles. The van der Waals surface area contributed by atoms with E-state index in [2.05, 4.69) is 10.3 Å². The van der Waals surface area contributed by atoms with Gasteiger partial charge in [0.1, 0.15) is 0 Å². The second-order valence-electron chi connectivity index (χ2n) is 5.23. The first kappa shape index (κ1) is 16.4. The van der Waals surface area contributed by atoms with Crippen LogP contribution in [0.1, 0.15) is 12.8 Å². The Hall–Kier alpha value is -1.50. The molecular formula is C16H17ClN2O3S. The average Bonchev–Trinajstić information content (AvgIpc) is 3.23. The van der Waals surface area contributed by atoms with Gasteiger partial charge in [0.2, 0.25) is 5.91 Å². The van der Waals surface area contributed by atoms with Gasteiger partial charge < -0.3 is 14.5 Å². The largest absolute Gasteiger partial charge is 0.431 e. The van der Waals surface area contributed by atoms with Crippen LogP contribution in [0.3, 0.4) is 0 Å². The summed E-state index contributed by atoms with van der Waals surface area (Å²) in [7, 11) is 0. The number of aromatic nitrogens is 1. The molecule has 0 radical (unpaired) electrons. The van der Waals surface area contributed by atoms with Gasteiger partial charge in [0.15, 0.2) is 5.76 Å². The van der Waals surface area contributed by atoms with Crippen molar-refractivity contribution in [2.24, 2.45) is 0 Å². The van der Waals surface area contributed by atoms with Gasteiger partial charge >= 0.3 is 0 Å². The maximum atomic E-state index is 11.8. The molecule has 1 aliphatic heterocycles. The first-order valence-electron chi connectivity index (χ1n) is 7.43. The van der Waals surface area contributed by atoms with Crippen molar-refractivity contribution in [2.45, 2.75) is 24.2 Å². The molecule has 1 fully saturated rings. The molecule has 1 aromatic carbocycles. The van der Waals surface area contributed by atoms with Crippen LogP contribution in [0, 0.1) is 0 Å². The summed E-state index contributed by atoms with van der Waals surface area (Å²) in [5.74, 6) is 0.883. The number of rotatable bonds is 6. The van der Waals surface area contributed by atoms with Crippen LogP contribution >= 0.6 is 23.4 Å². The van der Waals surface area contributed by atoms with Crippen LogP contribution in [0.5, 0.6) is 0 Å². The van der Waals surface area contributed by atoms with Crippen molar-refractivity contribution in [1.29, 1.82) is 0 Å². The molecule has 23 heavy (non-hydrogen) atoms. The summed E-state index contributed by atoms with van der Waals surface area (Å²) >= 11 is 7.13. The molecule has 1 aliphatic rings. The van der Waals surface area contributed by atoms with Crippen LogP contribution in [-0.4, -0.2) is 35.9 Å². The zero-order valence-electron chi connectivity index (χ0n) is 12.5. The molecule has 2 aromatic rings. The molecule has 1 amide bonds. The minimum Gasteiger partial charge on any atom is -0.431 e. The van der Waals surface area contributed by atoms with Gasteiger partial charge in [0, 0.05) is 23.7 Å². The maximum absolute atomic E-state index is 11.8. The molecule has 0 aliphatic carbocycles. The summed E-state index contributed by atoms with van der Waals surface area (Å²) < 4.78 is 11.1. The second kappa shape index (κ2) is 7.86. The highest BCUT2D eigenvalue weighted by Crippen LogP contribution is 2.26. The summed E-state index contributed by atoms with van der Waals surface area (Å²) in [4.78, 5) is 16.0. The van der Waals surface area contributed by atoms with E-state index in [4.69, 9.17) is 20.8 Å². The standard InChI is InChI=1S/C16H17ClN2O3S/c17-12-5-3-11(4-6-12)14-9-19-16(22-14)23-10-15(20)18-8-13-2-1-7-21-13/h3-6,9,13H,1-2,7-8,10H2,(H,18,20). The Morgan fingerprint density at radius 1 is 1.39 bits per heavy atom. The lowest BCUT2D eigenvalue weighted by Crippen LogP contribution is -2.32. The summed E-state index contributed by atoms with van der Waals surface area (Å²) in [6, 6.07) is 7.33. The van der Waals surface area contributed by atoms with Gasteiger partial charge in [0.25, 0.3) is 5.22 Å². The summed E-state index contributed by atoms with van der Waals surface area (Å²) in [5, 5.41) is 4.02. The minimum atomic E-state index is -0.0447. The Labute approximate surface area is 143 Å². The van der Waals surface area contributed by atoms with Crippen LogP contribution in [-0.2, 0) is 9.53 Å². The highest BCUT2D eigenvalue weighted by atomic mass is 35.5. The van der Waals surface area contributed by atoms with E-state index in [0.29, 0.717) is 22.6 Å². The number of nitrogens with one attached hydrogen (secondary N) is 1. The molecule has 0 spiro atoms. The van der Waals surface area contributed by atoms with Crippen molar-refractivity contribution in [2.75, 3.05) is 18.9 Å². The number of hydrogen-bond acceptors (Lipinski definition) is 5. The molecule has 3 rings (SSSR count). The fourth-order valence-electron chi connectivity index (χ4n) is 2.28. The van der Waals surface area contributed by atoms with E-state index in [1.54, 1.807) is 18.3 Å². The first-order valence-corrected chi connectivity index (χ1v) is 8.80. The molecule has 5 nitrogen and oxygen atoms in total. The molecule has 122 valence electrons. The Kier molecular flexibility index (Phi) is 5.59. The second-order valence-corrected chi connectivity index (χ2v) is 6.59. The zero-order chi connectivity index (χ0) is 16.1. The molecule has 7 heteroatoms. The smallest absolute Gasteiger partial charge is 0.256 e. The Bertz CT molecular complexity index is 654. The third kappa shape index (κ3) is 4.73. The van der Waals surface area contributed by atoms with Gasteiger partial charge in [0.05, 0.1) is 18.1 Å². The molecule has 2 heterocycles. The number of thioether (sulfide) groups is 1. The number of halogens is 1. The maximum Gasteiger partial charge on any atom is 0.256 e. The Morgan fingerprint density at radius 3 is 2.96 bits per heavy atom. The van der Waals surface area contributed by atoms with Gasteiger partial charge in [-0.2, -0.15) is 0 Å². The fourth-order valence-corrected chi connectivity index (χ4v) is 3.04. The van der Waals surface area contributed by atoms with Crippen molar-refractivity contribution in [1.82, 2.24) is 10.3 Å². The lowest BCUT2D eigenvalue weighted by molar-refractivity contribution is -0.119. The topological polar surface area (TPSA) is 64.4 Å². The fraction of sp³-hybridized carbons (Fsp3) is 0.375. The third-order valence-electron chi connectivity index (χ3n) is 3.49. The van der Waals surface area contributed by atoms with Crippen LogP contribution in [0.4, 0.5) is 0 Å². The molecule has 1 atom stereocenters. The lowest BCUT2D eigenvalue weighted by Gasteiger charge is -2.09. The summed E-state index contributed by atoms with van der Waals surface area (Å²) in [6.45, 7) is 1.36. The van der Waals surface area contributed by atoms with E-state index >= 15 is 0 Å². The molecule has 0 saturated carbocycles. The van der Waals surface area contributed by atoms with E-state index in [1.807, 2.05) is 12.1 Å². The van der Waals surface area contributed by atoms with Crippen LogP contribution in [0.25, 0.3) is 11.3 Å². The Balaban J connectivity index is 1.47. The van der Waals surface area contributed by atoms with E-state index in [-0.39, 0.29) is 17.8 Å². The van der Waals surface area contributed by atoms with Crippen molar-refractivity contribution in [3.05, 3.63) is 35.5 Å². The van der Waals surface area contributed by atoms with Crippen molar-refractivity contribution < 1.29 is 13.9 Å². The summed E-state index contributed by atoms with van der Waals surface area (Å²) in [5.41, 5.74) is 0.900. The van der Waals surface area contributed by atoms with Gasteiger partial charge in [-0.15, -0.1) is 0 Å². The number of carbonyl (C=O) groups excluding carboxylic acids is 1. The molecule has 1 unspecified atom stereocenters. The first-order chi connectivity index (χ1) is 11.2. The van der Waals surface area contributed by atoms with Gasteiger partial charge in [-0.1, -0.05) is 23.4 Å². The highest BCUT2D eigenvalue weighted by Gasteiger charge is 2.16. The third-order valence-corrected chi connectivity index (χ3v) is 4.59. The Morgan fingerprint density at radius 2 is 2.22 bits per heavy atom. The lowest BCUT2D eigenvalue weighted by atomic mass is 10.2. The summed E-state index contributed by atoms with van der Waals surface area (Å²) in [6.07, 6.45) is 3.88. The van der Waals surface area contributed by atoms with Crippen LogP contribution < -0.4 is 5.32 Å². The van der Waals surface area contributed by atoms with E-state index in [9.17, 15) is 4.79 Å². The SMILES string of the molecule is O=C(CSc1ncc(-c2ccc(Cl)cc2)o1)NCC1CCCO1. The number of ether oxygens (including phenoxy) is 1. The number of carbonyl (C=O) groups is 1. The number of nitrogens with zero attached hydrogens (tertiary/aromatic N) is 1. The van der Waals surface area contributed by atoms with Gasteiger partial charge in [-0.3, -0.25) is 4.79 Å². The van der Waals surface area contributed by atoms with Crippen LogP contribution in [0.2, 0.25) is 5.02 Å². The minimum absolute atomic E-state index is 0.0447. The molecule has 1 N–H and O–H groups in total. The average molecular weight is 353 g/mol. The van der Waals surface area contributed by atoms with E-state index < -0.39 is 0 Å². The van der Waals surface area contributed by atoms with Gasteiger partial charge in [-0.25, -0.2) is 4.98 Å². The number of amides is 1. The van der Waals surface area contributed by atoms with E-state index in [1.165, 1.54) is 11.8 Å². The number of hydrogen-bond donors (Lipinski definition) is 1. The highest BCUT2D eigenvalue weighted by molar-refractivity contribution is 7.99. The van der Waals surface area contributed by atoms with Gasteiger partial charge in [-0.05, 0) is 37.1 Å². The predicted molar refractivity (Wildman–Crippen MR) is 89.7 cm³/mol. The number of oxazole rings is 1. The van der Waals surface area contributed by atoms with Crippen LogP contribution in [0.15, 0.2) is 40.1 Å². The van der Waals surface area contributed by atoms with Crippen molar-refractivity contribution in [3.63, 3.8) is 0 Å². The van der Waals surface area contributed by atoms with Crippen molar-refractivity contribution >= 4 is 29.3 Å². The normalized spacial score (nSPS) is 17.3. The molecule has 1 saturated heterocycles. The number of benzene rings is 1. The monoisotopic (exact) mass is 352 g/mol. The molecular weight excluding hydrogens is 336 g/mol. The van der Waals surface area contributed by atoms with Crippen molar-refractivity contribution in [3.8, 4) is 11.3 Å².